The van der Waals surface area contributed by atoms with Crippen molar-refractivity contribution in [2.24, 2.45) is 0 Å². The van der Waals surface area contributed by atoms with Crippen LogP contribution in [0.1, 0.15) is 25.3 Å². The van der Waals surface area contributed by atoms with Crippen LogP contribution in [0.15, 0.2) is 12.1 Å². The van der Waals surface area contributed by atoms with Gasteiger partial charge in [0, 0.05) is 26.2 Å². The summed E-state index contributed by atoms with van der Waals surface area (Å²) in [5.41, 5.74) is 2.29. The van der Waals surface area contributed by atoms with Crippen LogP contribution in [0, 0.1) is 6.92 Å². The number of amides is 1. The van der Waals surface area contributed by atoms with Gasteiger partial charge in [-0.25, -0.2) is 0 Å². The lowest BCUT2D eigenvalue weighted by atomic mass is 10.1. The van der Waals surface area contributed by atoms with Crippen molar-refractivity contribution in [1.82, 2.24) is 0 Å². The molecular weight excluding hydrogens is 334 g/mol. The normalized spacial score (nSPS) is 15.2. The number of esters is 1. The van der Waals surface area contributed by atoms with Crippen LogP contribution in [0.4, 0.5) is 17.1 Å². The van der Waals surface area contributed by atoms with Gasteiger partial charge in [-0.3, -0.25) is 18.2 Å². The van der Waals surface area contributed by atoms with Crippen LogP contribution in [-0.4, -0.2) is 41.0 Å². The van der Waals surface area contributed by atoms with E-state index in [0.717, 1.165) is 9.87 Å². The molecule has 1 aliphatic rings. The minimum absolute atomic E-state index is 0.000676. The summed E-state index contributed by atoms with van der Waals surface area (Å²) in [6.45, 7) is 3.76. The van der Waals surface area contributed by atoms with Gasteiger partial charge in [-0.2, -0.15) is 8.42 Å². The number of benzene rings is 1. The molecule has 0 fully saturated rings. The topological polar surface area (TPSA) is 96.0 Å². The molecule has 9 heteroatoms. The summed E-state index contributed by atoms with van der Waals surface area (Å²) in [4.78, 5) is 23.3. The first-order valence-corrected chi connectivity index (χ1v) is 8.91. The van der Waals surface area contributed by atoms with Crippen LogP contribution in [0.2, 0.25) is 0 Å². The van der Waals surface area contributed by atoms with Crippen LogP contribution < -0.4 is 13.9 Å². The molecule has 0 aromatic heterocycles. The summed E-state index contributed by atoms with van der Waals surface area (Å²) in [6, 6.07) is 3.32. The van der Waals surface area contributed by atoms with Gasteiger partial charge in [-0.15, -0.1) is 0 Å². The predicted molar refractivity (Wildman–Crippen MR) is 91.4 cm³/mol. The minimum atomic E-state index is -3.56. The number of carbonyl (C=O) groups is 2. The van der Waals surface area contributed by atoms with E-state index in [9.17, 15) is 18.0 Å². The average molecular weight is 355 g/mol. The first-order chi connectivity index (χ1) is 11.2. The Kier molecular flexibility index (Phi) is 5.02. The molecule has 0 radical (unpaired) electrons. The fourth-order valence-electron chi connectivity index (χ4n) is 2.41. The Morgan fingerprint density at radius 3 is 2.29 bits per heavy atom. The number of anilines is 3. The molecule has 24 heavy (non-hydrogen) atoms. The van der Waals surface area contributed by atoms with E-state index in [0.29, 0.717) is 17.1 Å². The number of hydrogen-bond acceptors (Lipinski definition) is 5. The van der Waals surface area contributed by atoms with E-state index in [1.54, 1.807) is 26.0 Å². The van der Waals surface area contributed by atoms with Gasteiger partial charge in [0.2, 0.25) is 5.91 Å². The summed E-state index contributed by atoms with van der Waals surface area (Å²) in [5, 5.41) is 2.71. The molecule has 1 aliphatic heterocycles. The fourth-order valence-corrected chi connectivity index (χ4v) is 3.57. The van der Waals surface area contributed by atoms with E-state index in [2.05, 4.69) is 5.32 Å². The number of aryl methyl sites for hydroxylation is 1. The molecular formula is C15H21N3O5S. The third kappa shape index (κ3) is 3.30. The lowest BCUT2D eigenvalue weighted by Gasteiger charge is -2.13. The first kappa shape index (κ1) is 18.1. The number of nitrogens with one attached hydrogen (secondary N) is 1. The molecule has 1 aromatic carbocycles. The number of fused-ring (bicyclic) bond motifs is 1. The number of ether oxygens (including phenoxy) is 1. The Labute approximate surface area is 141 Å². The lowest BCUT2D eigenvalue weighted by molar-refractivity contribution is -0.144. The number of hydrogen-bond donors (Lipinski definition) is 1. The van der Waals surface area contributed by atoms with E-state index in [4.69, 9.17) is 4.74 Å². The van der Waals surface area contributed by atoms with Crippen LogP contribution in [0.25, 0.3) is 0 Å². The summed E-state index contributed by atoms with van der Waals surface area (Å²) in [6.07, 6.45) is 0.00405. The largest absolute Gasteiger partial charge is 0.466 e. The van der Waals surface area contributed by atoms with Gasteiger partial charge in [0.05, 0.1) is 24.4 Å². The second-order valence-corrected chi connectivity index (χ2v) is 7.44. The zero-order valence-corrected chi connectivity index (χ0v) is 14.9. The molecule has 0 aliphatic carbocycles. The van der Waals surface area contributed by atoms with Gasteiger partial charge in [0.25, 0.3) is 0 Å². The maximum atomic E-state index is 12.1. The Balaban J connectivity index is 2.15. The monoisotopic (exact) mass is 355 g/mol. The number of carbonyl (C=O) groups excluding carboxylic acids is 2. The summed E-state index contributed by atoms with van der Waals surface area (Å²) >= 11 is 0. The van der Waals surface area contributed by atoms with Crippen molar-refractivity contribution in [3.63, 3.8) is 0 Å². The van der Waals surface area contributed by atoms with Crippen molar-refractivity contribution < 1.29 is 22.7 Å². The minimum Gasteiger partial charge on any atom is -0.466 e. The van der Waals surface area contributed by atoms with Crippen molar-refractivity contribution >= 4 is 39.1 Å². The van der Waals surface area contributed by atoms with E-state index >= 15 is 0 Å². The number of nitrogens with zero attached hydrogens (tertiary/aromatic N) is 2. The fraction of sp³-hybridized carbons (Fsp3) is 0.467. The summed E-state index contributed by atoms with van der Waals surface area (Å²) in [5.74, 6) is -0.756. The van der Waals surface area contributed by atoms with E-state index < -0.39 is 16.2 Å². The maximum Gasteiger partial charge on any atom is 0.326 e. The van der Waals surface area contributed by atoms with Crippen LogP contribution in [-0.2, 0) is 24.5 Å². The Morgan fingerprint density at radius 1 is 1.12 bits per heavy atom. The van der Waals surface area contributed by atoms with Gasteiger partial charge >= 0.3 is 16.2 Å². The van der Waals surface area contributed by atoms with Crippen molar-refractivity contribution in [3.8, 4) is 0 Å². The molecule has 1 amide bonds. The lowest BCUT2D eigenvalue weighted by Crippen LogP contribution is -2.32. The second-order valence-electron chi connectivity index (χ2n) is 5.45. The molecule has 132 valence electrons. The third-order valence-corrected chi connectivity index (χ3v) is 5.61. The van der Waals surface area contributed by atoms with Crippen LogP contribution in [0.3, 0.4) is 0 Å². The van der Waals surface area contributed by atoms with Crippen molar-refractivity contribution in [2.75, 3.05) is 34.6 Å². The van der Waals surface area contributed by atoms with Gasteiger partial charge < -0.3 is 10.1 Å². The highest BCUT2D eigenvalue weighted by Crippen LogP contribution is 2.41. The molecule has 8 nitrogen and oxygen atoms in total. The molecule has 0 bridgehead atoms. The molecule has 1 aromatic rings. The van der Waals surface area contributed by atoms with E-state index in [1.165, 1.54) is 18.4 Å². The first-order valence-electron chi connectivity index (χ1n) is 7.51. The average Bonchev–Trinajstić information content (AvgIpc) is 2.67. The molecule has 1 heterocycles. The highest BCUT2D eigenvalue weighted by Gasteiger charge is 2.35. The van der Waals surface area contributed by atoms with E-state index in [-0.39, 0.29) is 25.4 Å². The molecule has 2 rings (SSSR count). The smallest absolute Gasteiger partial charge is 0.326 e. The highest BCUT2D eigenvalue weighted by atomic mass is 32.2. The summed E-state index contributed by atoms with van der Waals surface area (Å²) in [7, 11) is -0.621. The molecule has 0 spiro atoms. The second kappa shape index (κ2) is 6.68. The zero-order valence-electron chi connectivity index (χ0n) is 14.1. The Morgan fingerprint density at radius 2 is 1.71 bits per heavy atom. The van der Waals surface area contributed by atoms with Gasteiger partial charge in [0.15, 0.2) is 0 Å². The predicted octanol–water partition coefficient (Wildman–Crippen LogP) is 1.41. The molecule has 0 unspecified atom stereocenters. The van der Waals surface area contributed by atoms with Crippen LogP contribution in [0.5, 0.6) is 0 Å². The van der Waals surface area contributed by atoms with Gasteiger partial charge in [-0.1, -0.05) is 0 Å². The molecule has 0 saturated heterocycles. The Bertz CT molecular complexity index is 776. The third-order valence-electron chi connectivity index (χ3n) is 3.83. The van der Waals surface area contributed by atoms with Crippen molar-refractivity contribution in [1.29, 1.82) is 0 Å². The maximum absolute atomic E-state index is 12.1. The SMILES string of the molecule is CCOC(=O)CCC(=O)Nc1cc2c(cc1C)N(C)S(=O)(=O)N2C. The van der Waals surface area contributed by atoms with Gasteiger partial charge in [0.1, 0.15) is 0 Å². The molecule has 0 saturated carbocycles. The summed E-state index contributed by atoms with van der Waals surface area (Å²) < 4.78 is 31.4. The van der Waals surface area contributed by atoms with Crippen LogP contribution >= 0.6 is 0 Å². The van der Waals surface area contributed by atoms with Gasteiger partial charge in [-0.05, 0) is 31.5 Å². The quantitative estimate of drug-likeness (QED) is 0.806. The standard InChI is InChI=1S/C15H21N3O5S/c1-5-23-15(20)7-6-14(19)16-11-9-13-12(8-10(11)2)17(3)24(21,22)18(13)4/h8-9H,5-7H2,1-4H3,(H,16,19). The molecule has 1 N–H and O–H groups in total. The van der Waals surface area contributed by atoms with Crippen molar-refractivity contribution in [2.45, 2.75) is 26.7 Å². The Hall–Kier alpha value is -2.29. The van der Waals surface area contributed by atoms with E-state index in [1.807, 2.05) is 0 Å². The van der Waals surface area contributed by atoms with Crippen molar-refractivity contribution in [3.05, 3.63) is 17.7 Å². The highest BCUT2D eigenvalue weighted by molar-refractivity contribution is 7.94. The zero-order chi connectivity index (χ0) is 18.1. The number of rotatable bonds is 5. The molecule has 0 atom stereocenters.